The van der Waals surface area contributed by atoms with Crippen molar-refractivity contribution in [2.24, 2.45) is 0 Å². The fourth-order valence-corrected chi connectivity index (χ4v) is 2.39. The molecule has 0 amide bonds. The summed E-state index contributed by atoms with van der Waals surface area (Å²) in [7, 11) is 0. The molecule has 0 fully saturated rings. The number of aromatic nitrogens is 3. The third kappa shape index (κ3) is 4.59. The number of fused-ring (bicyclic) bond motifs is 1. The average molecular weight is 330 g/mol. The largest absolute Gasteiger partial charge is 0.385 e. The highest BCUT2D eigenvalue weighted by molar-refractivity contribution is 5.85. The van der Waals surface area contributed by atoms with Gasteiger partial charge >= 0.3 is 0 Å². The van der Waals surface area contributed by atoms with Crippen molar-refractivity contribution in [1.82, 2.24) is 20.1 Å². The van der Waals surface area contributed by atoms with Crippen LogP contribution in [0.4, 0.5) is 5.69 Å². The monoisotopic (exact) mass is 329 g/mol. The van der Waals surface area contributed by atoms with Gasteiger partial charge < -0.3 is 15.2 Å². The summed E-state index contributed by atoms with van der Waals surface area (Å²) in [4.78, 5) is 0. The second-order valence-corrected chi connectivity index (χ2v) is 4.73. The summed E-state index contributed by atoms with van der Waals surface area (Å²) < 4.78 is 2.26. The molecule has 0 unspecified atom stereocenters. The van der Waals surface area contributed by atoms with Crippen molar-refractivity contribution in [2.75, 3.05) is 25.0 Å². The molecule has 0 bridgehead atoms. The SMILES string of the molecule is Cl.Cl.c1ccc(NCCc2nnc3n2CCNCC3)cc1. The Balaban J connectivity index is 0.00000110. The van der Waals surface area contributed by atoms with Gasteiger partial charge in [0.1, 0.15) is 11.6 Å². The summed E-state index contributed by atoms with van der Waals surface area (Å²) in [5.41, 5.74) is 1.15. The zero-order chi connectivity index (χ0) is 12.9. The predicted molar refractivity (Wildman–Crippen MR) is 89.7 cm³/mol. The van der Waals surface area contributed by atoms with Gasteiger partial charge in [-0.1, -0.05) is 18.2 Å². The van der Waals surface area contributed by atoms with Gasteiger partial charge in [0.2, 0.25) is 0 Å². The minimum Gasteiger partial charge on any atom is -0.385 e. The van der Waals surface area contributed by atoms with Gasteiger partial charge in [0, 0.05) is 44.7 Å². The highest BCUT2D eigenvalue weighted by Crippen LogP contribution is 2.08. The molecule has 1 aromatic carbocycles. The smallest absolute Gasteiger partial charge is 0.134 e. The Labute approximate surface area is 137 Å². The Bertz CT molecular complexity index is 529. The molecule has 0 spiro atoms. The standard InChI is InChI=1S/C14H19N5.2ClH/c1-2-4-12(5-3-1)16-9-7-14-18-17-13-6-8-15-10-11-19(13)14;;/h1-5,15-16H,6-11H2;2*1H. The molecule has 5 nitrogen and oxygen atoms in total. The maximum atomic E-state index is 4.32. The first-order valence-corrected chi connectivity index (χ1v) is 6.84. The van der Waals surface area contributed by atoms with E-state index >= 15 is 0 Å². The first-order chi connectivity index (χ1) is 9.43. The van der Waals surface area contributed by atoms with Crippen LogP contribution in [0, 0.1) is 0 Å². The molecule has 2 aromatic rings. The third-order valence-corrected chi connectivity index (χ3v) is 3.39. The minimum atomic E-state index is 0. The third-order valence-electron chi connectivity index (χ3n) is 3.39. The minimum absolute atomic E-state index is 0. The summed E-state index contributed by atoms with van der Waals surface area (Å²) in [6.07, 6.45) is 1.88. The number of para-hydroxylation sites is 1. The number of rotatable bonds is 4. The first kappa shape index (κ1) is 17.8. The van der Waals surface area contributed by atoms with Crippen LogP contribution in [0.15, 0.2) is 30.3 Å². The summed E-state index contributed by atoms with van der Waals surface area (Å²) in [6.45, 7) is 3.86. The lowest BCUT2D eigenvalue weighted by atomic mass is 10.3. The van der Waals surface area contributed by atoms with Crippen molar-refractivity contribution in [3.63, 3.8) is 0 Å². The van der Waals surface area contributed by atoms with Crippen LogP contribution in [0.1, 0.15) is 11.6 Å². The van der Waals surface area contributed by atoms with E-state index in [1.807, 2.05) is 18.2 Å². The molecule has 2 N–H and O–H groups in total. The Morgan fingerprint density at radius 3 is 2.71 bits per heavy atom. The molecule has 1 aromatic heterocycles. The highest BCUT2D eigenvalue weighted by Gasteiger charge is 2.13. The molecule has 7 heteroatoms. The van der Waals surface area contributed by atoms with Crippen molar-refractivity contribution in [3.05, 3.63) is 42.0 Å². The molecule has 0 radical (unpaired) electrons. The quantitative estimate of drug-likeness (QED) is 0.899. The van der Waals surface area contributed by atoms with Crippen LogP contribution < -0.4 is 10.6 Å². The zero-order valence-corrected chi connectivity index (χ0v) is 13.4. The van der Waals surface area contributed by atoms with Crippen molar-refractivity contribution >= 4 is 30.5 Å². The molecule has 1 aliphatic heterocycles. The molecular weight excluding hydrogens is 309 g/mol. The van der Waals surface area contributed by atoms with Crippen LogP contribution in [0.3, 0.4) is 0 Å². The van der Waals surface area contributed by atoms with Gasteiger partial charge in [0.25, 0.3) is 0 Å². The lowest BCUT2D eigenvalue weighted by Gasteiger charge is -2.08. The Kier molecular flexibility index (Phi) is 7.50. The van der Waals surface area contributed by atoms with Crippen LogP contribution in [-0.4, -0.2) is 34.4 Å². The van der Waals surface area contributed by atoms with Gasteiger partial charge in [-0.2, -0.15) is 0 Å². The van der Waals surface area contributed by atoms with Crippen LogP contribution in [0.5, 0.6) is 0 Å². The maximum absolute atomic E-state index is 4.32. The summed E-state index contributed by atoms with van der Waals surface area (Å²) in [5.74, 6) is 2.20. The van der Waals surface area contributed by atoms with E-state index < -0.39 is 0 Å². The van der Waals surface area contributed by atoms with Gasteiger partial charge in [-0.05, 0) is 12.1 Å². The Morgan fingerprint density at radius 1 is 1.10 bits per heavy atom. The number of benzene rings is 1. The Hall–Kier alpha value is -1.30. The molecule has 116 valence electrons. The number of halogens is 2. The maximum Gasteiger partial charge on any atom is 0.134 e. The normalized spacial score (nSPS) is 13.3. The zero-order valence-electron chi connectivity index (χ0n) is 11.8. The molecule has 2 heterocycles. The summed E-state index contributed by atoms with van der Waals surface area (Å²) in [6, 6.07) is 10.3. The number of hydrogen-bond donors (Lipinski definition) is 2. The fourth-order valence-electron chi connectivity index (χ4n) is 2.39. The summed E-state index contributed by atoms with van der Waals surface area (Å²) in [5, 5.41) is 15.4. The molecular formula is C14H21Cl2N5. The van der Waals surface area contributed by atoms with Gasteiger partial charge in [-0.3, -0.25) is 0 Å². The van der Waals surface area contributed by atoms with Gasteiger partial charge in [-0.15, -0.1) is 35.0 Å². The van der Waals surface area contributed by atoms with Gasteiger partial charge in [0.05, 0.1) is 0 Å². The number of anilines is 1. The average Bonchev–Trinajstić information content (AvgIpc) is 2.69. The number of nitrogens with zero attached hydrogens (tertiary/aromatic N) is 3. The molecule has 0 atom stereocenters. The number of hydrogen-bond acceptors (Lipinski definition) is 4. The van der Waals surface area contributed by atoms with Crippen LogP contribution >= 0.6 is 24.8 Å². The van der Waals surface area contributed by atoms with Crippen LogP contribution in [0.25, 0.3) is 0 Å². The van der Waals surface area contributed by atoms with Crippen LogP contribution in [0.2, 0.25) is 0 Å². The first-order valence-electron chi connectivity index (χ1n) is 6.84. The summed E-state index contributed by atoms with van der Waals surface area (Å²) >= 11 is 0. The van der Waals surface area contributed by atoms with Crippen LogP contribution in [-0.2, 0) is 19.4 Å². The van der Waals surface area contributed by atoms with E-state index in [9.17, 15) is 0 Å². The van der Waals surface area contributed by atoms with Gasteiger partial charge in [-0.25, -0.2) is 0 Å². The fraction of sp³-hybridized carbons (Fsp3) is 0.429. The second-order valence-electron chi connectivity index (χ2n) is 4.73. The second kappa shape index (κ2) is 8.87. The van der Waals surface area contributed by atoms with Gasteiger partial charge in [0.15, 0.2) is 0 Å². The lowest BCUT2D eigenvalue weighted by Crippen LogP contribution is -2.18. The molecule has 21 heavy (non-hydrogen) atoms. The Morgan fingerprint density at radius 2 is 1.90 bits per heavy atom. The lowest BCUT2D eigenvalue weighted by molar-refractivity contribution is 0.618. The van der Waals surface area contributed by atoms with Crippen molar-refractivity contribution in [3.8, 4) is 0 Å². The molecule has 1 aliphatic rings. The van der Waals surface area contributed by atoms with E-state index in [4.69, 9.17) is 0 Å². The van der Waals surface area contributed by atoms with E-state index in [1.165, 1.54) is 0 Å². The van der Waals surface area contributed by atoms with Crippen molar-refractivity contribution in [2.45, 2.75) is 19.4 Å². The van der Waals surface area contributed by atoms with E-state index in [-0.39, 0.29) is 24.8 Å². The molecule has 3 rings (SSSR count). The highest BCUT2D eigenvalue weighted by atomic mass is 35.5. The molecule has 0 saturated heterocycles. The van der Waals surface area contributed by atoms with E-state index in [0.29, 0.717) is 0 Å². The van der Waals surface area contributed by atoms with E-state index in [1.54, 1.807) is 0 Å². The predicted octanol–water partition coefficient (Wildman–Crippen LogP) is 1.92. The van der Waals surface area contributed by atoms with Crippen molar-refractivity contribution < 1.29 is 0 Å². The molecule has 0 saturated carbocycles. The van der Waals surface area contributed by atoms with E-state index in [2.05, 4.69) is 37.5 Å². The van der Waals surface area contributed by atoms with E-state index in [0.717, 1.165) is 56.4 Å². The van der Waals surface area contributed by atoms with Crippen molar-refractivity contribution in [1.29, 1.82) is 0 Å². The molecule has 0 aliphatic carbocycles. The topological polar surface area (TPSA) is 54.8 Å². The number of nitrogens with one attached hydrogen (secondary N) is 2.